The molecule has 0 aliphatic rings. The van der Waals surface area contributed by atoms with Gasteiger partial charge in [-0.15, -0.1) is 10.1 Å². The lowest BCUT2D eigenvalue weighted by atomic mass is 10.0. The van der Waals surface area contributed by atoms with Crippen LogP contribution >= 0.6 is 0 Å². The molecule has 0 radical (unpaired) electrons. The Morgan fingerprint density at radius 1 is 1.23 bits per heavy atom. The third kappa shape index (κ3) is 5.59. The molecule has 0 atom stereocenters. The summed E-state index contributed by atoms with van der Waals surface area (Å²) in [6.45, 7) is 2.08. The molecule has 1 heterocycles. The molecule has 4 N–H and O–H groups in total. The van der Waals surface area contributed by atoms with Crippen LogP contribution in [0.3, 0.4) is 0 Å². The minimum absolute atomic E-state index is 0.219. The Hall–Kier alpha value is -2.88. The molecule has 2 aromatic rings. The first-order chi connectivity index (χ1) is 12.3. The molecule has 0 bridgehead atoms. The van der Waals surface area contributed by atoms with Crippen molar-refractivity contribution in [2.24, 2.45) is 0 Å². The number of methoxy groups -OCH3 is 2. The Labute approximate surface area is 150 Å². The Balaban J connectivity index is 0.000000765. The van der Waals surface area contributed by atoms with Gasteiger partial charge in [0, 0.05) is 18.1 Å². The third-order valence-corrected chi connectivity index (χ3v) is 3.63. The second-order valence-electron chi connectivity index (χ2n) is 5.41. The SMILES string of the molecule is COc1cc2nc(C)nc(CCCCCO)c2c(N)c1OC.O=[N+]([O-])O. The van der Waals surface area contributed by atoms with Crippen LogP contribution in [0.25, 0.3) is 10.9 Å². The van der Waals surface area contributed by atoms with Gasteiger partial charge in [0.15, 0.2) is 11.5 Å². The maximum atomic E-state index is 8.87. The van der Waals surface area contributed by atoms with Gasteiger partial charge >= 0.3 is 0 Å². The zero-order valence-electron chi connectivity index (χ0n) is 15.1. The van der Waals surface area contributed by atoms with E-state index < -0.39 is 5.09 Å². The number of nitrogens with two attached hydrogens (primary N) is 1. The highest BCUT2D eigenvalue weighted by Gasteiger charge is 2.17. The van der Waals surface area contributed by atoms with E-state index in [9.17, 15) is 0 Å². The minimum atomic E-state index is -1.50. The number of rotatable bonds is 7. The van der Waals surface area contributed by atoms with E-state index in [2.05, 4.69) is 9.97 Å². The van der Waals surface area contributed by atoms with Gasteiger partial charge in [0.2, 0.25) is 0 Å². The number of hydrogen-bond donors (Lipinski definition) is 3. The quantitative estimate of drug-likeness (QED) is 0.287. The van der Waals surface area contributed by atoms with Crippen molar-refractivity contribution in [1.29, 1.82) is 0 Å². The monoisotopic (exact) mass is 368 g/mol. The number of ether oxygens (including phenoxy) is 2. The van der Waals surface area contributed by atoms with Crippen molar-refractivity contribution in [3.8, 4) is 11.5 Å². The largest absolute Gasteiger partial charge is 0.493 e. The van der Waals surface area contributed by atoms with Gasteiger partial charge in [0.25, 0.3) is 5.09 Å². The maximum Gasteiger partial charge on any atom is 0.291 e. The smallest absolute Gasteiger partial charge is 0.291 e. The number of aliphatic hydroxyl groups excluding tert-OH is 1. The van der Waals surface area contributed by atoms with Crippen molar-refractivity contribution >= 4 is 16.6 Å². The molecule has 0 aliphatic carbocycles. The van der Waals surface area contributed by atoms with Crippen LogP contribution in [-0.2, 0) is 6.42 Å². The standard InChI is InChI=1S/C16H23N3O3.HNO3/c1-10-18-11(7-5-4-6-8-20)14-12(19-10)9-13(21-2)16(22-3)15(14)17;2-1(3)4/h9,20H,4-8,17H2,1-3H3;(H,2,3,4). The number of nitrogen functional groups attached to an aromatic ring is 1. The molecule has 1 aromatic heterocycles. The Morgan fingerprint density at radius 2 is 1.88 bits per heavy atom. The van der Waals surface area contributed by atoms with Gasteiger partial charge in [-0.3, -0.25) is 0 Å². The van der Waals surface area contributed by atoms with E-state index >= 15 is 0 Å². The average Bonchev–Trinajstić information content (AvgIpc) is 2.57. The van der Waals surface area contributed by atoms with Crippen LogP contribution < -0.4 is 15.2 Å². The Morgan fingerprint density at radius 3 is 2.42 bits per heavy atom. The molecule has 0 saturated heterocycles. The molecule has 0 fully saturated rings. The number of unbranched alkanes of at least 4 members (excludes halogenated alkanes) is 2. The second kappa shape index (κ2) is 10.2. The number of benzene rings is 1. The fraction of sp³-hybridized carbons (Fsp3) is 0.500. The van der Waals surface area contributed by atoms with Crippen molar-refractivity contribution in [2.75, 3.05) is 26.6 Å². The summed E-state index contributed by atoms with van der Waals surface area (Å²) in [5.74, 6) is 1.78. The number of aromatic nitrogens is 2. The molecule has 0 spiro atoms. The summed E-state index contributed by atoms with van der Waals surface area (Å²) in [6, 6.07) is 1.83. The summed E-state index contributed by atoms with van der Waals surface area (Å²) < 4.78 is 10.7. The lowest BCUT2D eigenvalue weighted by Gasteiger charge is -2.15. The van der Waals surface area contributed by atoms with Crippen LogP contribution in [0.15, 0.2) is 6.07 Å². The van der Waals surface area contributed by atoms with Crippen molar-refractivity contribution in [3.63, 3.8) is 0 Å². The van der Waals surface area contributed by atoms with Crippen LogP contribution in [0.2, 0.25) is 0 Å². The van der Waals surface area contributed by atoms with E-state index in [-0.39, 0.29) is 6.61 Å². The van der Waals surface area contributed by atoms with E-state index in [0.717, 1.165) is 42.3 Å². The van der Waals surface area contributed by atoms with Crippen LogP contribution in [0.5, 0.6) is 11.5 Å². The molecule has 2 rings (SSSR count). The zero-order valence-corrected chi connectivity index (χ0v) is 15.1. The van der Waals surface area contributed by atoms with Crippen molar-refractivity contribution in [3.05, 3.63) is 27.7 Å². The Bertz CT molecular complexity index is 749. The van der Waals surface area contributed by atoms with E-state index in [4.69, 9.17) is 35.6 Å². The van der Waals surface area contributed by atoms with E-state index in [1.807, 2.05) is 13.0 Å². The average molecular weight is 368 g/mol. The normalized spacial score (nSPS) is 10.2. The summed E-state index contributed by atoms with van der Waals surface area (Å²) in [6.07, 6.45) is 3.49. The van der Waals surface area contributed by atoms with E-state index in [1.54, 1.807) is 14.2 Å². The van der Waals surface area contributed by atoms with Crippen LogP contribution in [0, 0.1) is 17.0 Å². The van der Waals surface area contributed by atoms with Crippen LogP contribution in [0.4, 0.5) is 5.69 Å². The summed E-state index contributed by atoms with van der Waals surface area (Å²) in [4.78, 5) is 17.4. The van der Waals surface area contributed by atoms with E-state index in [1.165, 1.54) is 0 Å². The number of aliphatic hydroxyl groups is 1. The number of hydrogen-bond acceptors (Lipinski definition) is 8. The maximum absolute atomic E-state index is 8.87. The molecule has 0 unspecified atom stereocenters. The molecule has 26 heavy (non-hydrogen) atoms. The van der Waals surface area contributed by atoms with Gasteiger partial charge in [-0.25, -0.2) is 9.97 Å². The van der Waals surface area contributed by atoms with Crippen LogP contribution in [0.1, 0.15) is 30.8 Å². The van der Waals surface area contributed by atoms with Gasteiger partial charge in [-0.2, -0.15) is 0 Å². The van der Waals surface area contributed by atoms with Crippen molar-refractivity contribution in [1.82, 2.24) is 9.97 Å². The molecule has 0 amide bonds. The number of fused-ring (bicyclic) bond motifs is 1. The Kier molecular flexibility index (Phi) is 8.29. The number of anilines is 1. The second-order valence-corrected chi connectivity index (χ2v) is 5.41. The van der Waals surface area contributed by atoms with Gasteiger partial charge in [0.1, 0.15) is 5.82 Å². The molecular weight excluding hydrogens is 344 g/mol. The predicted molar refractivity (Wildman–Crippen MR) is 95.2 cm³/mol. The van der Waals surface area contributed by atoms with E-state index in [0.29, 0.717) is 23.0 Å². The summed E-state index contributed by atoms with van der Waals surface area (Å²) in [7, 11) is 3.14. The first-order valence-electron chi connectivity index (χ1n) is 7.97. The summed E-state index contributed by atoms with van der Waals surface area (Å²) >= 11 is 0. The van der Waals surface area contributed by atoms with Crippen LogP contribution in [-0.4, -0.2) is 46.2 Å². The van der Waals surface area contributed by atoms with Crippen molar-refractivity contribution < 1.29 is 24.9 Å². The van der Waals surface area contributed by atoms with Gasteiger partial charge in [-0.1, -0.05) is 6.42 Å². The fourth-order valence-corrected chi connectivity index (χ4v) is 2.61. The molecule has 1 aromatic carbocycles. The first-order valence-corrected chi connectivity index (χ1v) is 7.97. The molecule has 10 heteroatoms. The minimum Gasteiger partial charge on any atom is -0.493 e. The highest BCUT2D eigenvalue weighted by molar-refractivity contribution is 5.97. The molecule has 0 saturated carbocycles. The highest BCUT2D eigenvalue weighted by Crippen LogP contribution is 2.40. The lowest BCUT2D eigenvalue weighted by Crippen LogP contribution is -2.04. The molecule has 10 nitrogen and oxygen atoms in total. The summed E-state index contributed by atoms with van der Waals surface area (Å²) in [5, 5.41) is 23.3. The molecule has 0 aliphatic heterocycles. The van der Waals surface area contributed by atoms with Gasteiger partial charge in [-0.05, 0) is 26.2 Å². The first kappa shape index (κ1) is 21.2. The number of nitrogens with zero attached hydrogens (tertiary/aromatic N) is 3. The number of aryl methyl sites for hydroxylation is 2. The molecule has 144 valence electrons. The fourth-order valence-electron chi connectivity index (χ4n) is 2.61. The lowest BCUT2D eigenvalue weighted by molar-refractivity contribution is -0.742. The molecular formula is C16H24N4O6. The van der Waals surface area contributed by atoms with Gasteiger partial charge in [0.05, 0.1) is 31.1 Å². The van der Waals surface area contributed by atoms with Gasteiger partial charge < -0.3 is 25.5 Å². The topological polar surface area (TPSA) is 154 Å². The summed E-state index contributed by atoms with van der Waals surface area (Å²) in [5.41, 5.74) is 8.45. The predicted octanol–water partition coefficient (Wildman–Crippen LogP) is 1.90. The third-order valence-electron chi connectivity index (χ3n) is 3.63. The highest BCUT2D eigenvalue weighted by atomic mass is 16.9. The van der Waals surface area contributed by atoms with Crippen molar-refractivity contribution in [2.45, 2.75) is 32.6 Å². The zero-order chi connectivity index (χ0) is 19.7.